The number of hydrogen-bond donors (Lipinski definition) is 0. The first-order valence-corrected chi connectivity index (χ1v) is 10.6. The van der Waals surface area contributed by atoms with Gasteiger partial charge in [0.15, 0.2) is 0 Å². The van der Waals surface area contributed by atoms with Crippen LogP contribution >= 0.6 is 11.6 Å². The fourth-order valence-electron chi connectivity index (χ4n) is 3.46. The van der Waals surface area contributed by atoms with Crippen LogP contribution in [0, 0.1) is 0 Å². The average molecular weight is 432 g/mol. The predicted molar refractivity (Wildman–Crippen MR) is 119 cm³/mol. The van der Waals surface area contributed by atoms with Gasteiger partial charge in [-0.2, -0.15) is 0 Å². The standard InChI is InChI=1S/C23H30ClN3O3/c1-25(17-19-6-5-7-20(16-19)29-2)23(28)18-27-12-10-26(11-13-27)14-15-30-22-9-4-3-8-21(22)24/h3-9,16H,10-15,17-18H2,1-2H3. The van der Waals surface area contributed by atoms with Gasteiger partial charge in [0, 0.05) is 46.3 Å². The molecule has 0 saturated carbocycles. The number of amides is 1. The molecule has 2 aromatic rings. The largest absolute Gasteiger partial charge is 0.497 e. The molecule has 0 aliphatic carbocycles. The van der Waals surface area contributed by atoms with Crippen LogP contribution in [0.2, 0.25) is 5.02 Å². The van der Waals surface area contributed by atoms with Gasteiger partial charge in [0.05, 0.1) is 18.7 Å². The quantitative estimate of drug-likeness (QED) is 0.610. The SMILES string of the molecule is COc1cccc(CN(C)C(=O)CN2CCN(CCOc3ccccc3Cl)CC2)c1. The molecule has 1 fully saturated rings. The van der Waals surface area contributed by atoms with Gasteiger partial charge in [-0.1, -0.05) is 35.9 Å². The summed E-state index contributed by atoms with van der Waals surface area (Å²) in [7, 11) is 3.50. The van der Waals surface area contributed by atoms with E-state index in [0.29, 0.717) is 24.7 Å². The van der Waals surface area contributed by atoms with Gasteiger partial charge in [-0.25, -0.2) is 0 Å². The van der Waals surface area contributed by atoms with Crippen LogP contribution in [-0.2, 0) is 11.3 Å². The van der Waals surface area contributed by atoms with Crippen molar-refractivity contribution in [1.29, 1.82) is 0 Å². The van der Waals surface area contributed by atoms with Gasteiger partial charge in [0.25, 0.3) is 0 Å². The highest BCUT2D eigenvalue weighted by atomic mass is 35.5. The molecule has 1 amide bonds. The molecule has 0 radical (unpaired) electrons. The highest BCUT2D eigenvalue weighted by Gasteiger charge is 2.20. The van der Waals surface area contributed by atoms with E-state index in [0.717, 1.165) is 49.8 Å². The van der Waals surface area contributed by atoms with Gasteiger partial charge in [-0.05, 0) is 29.8 Å². The van der Waals surface area contributed by atoms with Crippen molar-refractivity contribution in [3.05, 3.63) is 59.1 Å². The van der Waals surface area contributed by atoms with Gasteiger partial charge >= 0.3 is 0 Å². The third-order valence-corrected chi connectivity index (χ3v) is 5.62. The Morgan fingerprint density at radius 2 is 1.80 bits per heavy atom. The summed E-state index contributed by atoms with van der Waals surface area (Å²) in [6, 6.07) is 15.4. The van der Waals surface area contributed by atoms with Crippen LogP contribution in [-0.4, -0.2) is 80.6 Å². The summed E-state index contributed by atoms with van der Waals surface area (Å²) in [5.74, 6) is 1.67. The number of hydrogen-bond acceptors (Lipinski definition) is 5. The van der Waals surface area contributed by atoms with Crippen LogP contribution in [0.15, 0.2) is 48.5 Å². The molecule has 0 spiro atoms. The molecular weight excluding hydrogens is 402 g/mol. The summed E-state index contributed by atoms with van der Waals surface area (Å²) in [6.07, 6.45) is 0. The summed E-state index contributed by atoms with van der Waals surface area (Å²) in [5, 5.41) is 0.638. The minimum absolute atomic E-state index is 0.133. The van der Waals surface area contributed by atoms with Crippen LogP contribution in [0.4, 0.5) is 0 Å². The topological polar surface area (TPSA) is 45.2 Å². The third kappa shape index (κ3) is 6.62. The first kappa shape index (κ1) is 22.4. The molecule has 0 bridgehead atoms. The fraction of sp³-hybridized carbons (Fsp3) is 0.435. The minimum Gasteiger partial charge on any atom is -0.497 e. The van der Waals surface area contributed by atoms with E-state index in [1.165, 1.54) is 0 Å². The second-order valence-corrected chi connectivity index (χ2v) is 7.91. The first-order chi connectivity index (χ1) is 14.5. The van der Waals surface area contributed by atoms with E-state index in [1.54, 1.807) is 12.0 Å². The number of piperazine rings is 1. The molecule has 162 valence electrons. The highest BCUT2D eigenvalue weighted by molar-refractivity contribution is 6.32. The van der Waals surface area contributed by atoms with E-state index in [1.807, 2.05) is 55.6 Å². The van der Waals surface area contributed by atoms with Crippen molar-refractivity contribution >= 4 is 17.5 Å². The normalized spacial score (nSPS) is 15.0. The Labute approximate surface area is 183 Å². The van der Waals surface area contributed by atoms with Crippen molar-refractivity contribution in [1.82, 2.24) is 14.7 Å². The monoisotopic (exact) mass is 431 g/mol. The number of methoxy groups -OCH3 is 1. The Bertz CT molecular complexity index is 825. The zero-order chi connectivity index (χ0) is 21.3. The summed E-state index contributed by atoms with van der Waals surface area (Å²) >= 11 is 6.12. The third-order valence-electron chi connectivity index (χ3n) is 5.31. The lowest BCUT2D eigenvalue weighted by atomic mass is 10.2. The van der Waals surface area contributed by atoms with Crippen molar-refractivity contribution in [3.8, 4) is 11.5 Å². The lowest BCUT2D eigenvalue weighted by Crippen LogP contribution is -2.50. The molecule has 2 aromatic carbocycles. The van der Waals surface area contributed by atoms with E-state index < -0.39 is 0 Å². The molecule has 3 rings (SSSR count). The van der Waals surface area contributed by atoms with E-state index in [4.69, 9.17) is 21.1 Å². The van der Waals surface area contributed by atoms with E-state index in [-0.39, 0.29) is 5.91 Å². The molecule has 30 heavy (non-hydrogen) atoms. The zero-order valence-corrected chi connectivity index (χ0v) is 18.5. The van der Waals surface area contributed by atoms with Gasteiger partial charge < -0.3 is 14.4 Å². The van der Waals surface area contributed by atoms with Crippen LogP contribution in [0.3, 0.4) is 0 Å². The molecule has 1 aliphatic heterocycles. The Hall–Kier alpha value is -2.28. The summed E-state index contributed by atoms with van der Waals surface area (Å²) in [4.78, 5) is 19.0. The number of rotatable bonds is 9. The van der Waals surface area contributed by atoms with E-state index in [9.17, 15) is 4.79 Å². The second-order valence-electron chi connectivity index (χ2n) is 7.50. The molecular formula is C23H30ClN3O3. The Morgan fingerprint density at radius 1 is 1.07 bits per heavy atom. The number of halogens is 1. The number of nitrogens with zero attached hydrogens (tertiary/aromatic N) is 3. The van der Waals surface area contributed by atoms with Crippen LogP contribution in [0.1, 0.15) is 5.56 Å². The van der Waals surface area contributed by atoms with Gasteiger partial charge in [-0.15, -0.1) is 0 Å². The first-order valence-electron chi connectivity index (χ1n) is 10.2. The molecule has 1 heterocycles. The van der Waals surface area contributed by atoms with E-state index >= 15 is 0 Å². The van der Waals surface area contributed by atoms with Gasteiger partial charge in [-0.3, -0.25) is 14.6 Å². The predicted octanol–water partition coefficient (Wildman–Crippen LogP) is 3.00. The summed E-state index contributed by atoms with van der Waals surface area (Å²) in [5.41, 5.74) is 1.06. The zero-order valence-electron chi connectivity index (χ0n) is 17.7. The molecule has 0 N–H and O–H groups in total. The minimum atomic E-state index is 0.133. The Morgan fingerprint density at radius 3 is 2.53 bits per heavy atom. The van der Waals surface area contributed by atoms with Crippen LogP contribution in [0.5, 0.6) is 11.5 Å². The Kier molecular flexibility index (Phi) is 8.37. The molecule has 0 aromatic heterocycles. The lowest BCUT2D eigenvalue weighted by molar-refractivity contribution is -0.132. The molecule has 0 atom stereocenters. The van der Waals surface area contributed by atoms with Crippen molar-refractivity contribution in [3.63, 3.8) is 0 Å². The number of ether oxygens (including phenoxy) is 2. The molecule has 7 heteroatoms. The maximum Gasteiger partial charge on any atom is 0.236 e. The summed E-state index contributed by atoms with van der Waals surface area (Å²) in [6.45, 7) is 6.10. The number of likely N-dealkylation sites (N-methyl/N-ethyl adjacent to an activating group) is 1. The van der Waals surface area contributed by atoms with Crippen molar-refractivity contribution < 1.29 is 14.3 Å². The average Bonchev–Trinajstić information content (AvgIpc) is 2.76. The highest BCUT2D eigenvalue weighted by Crippen LogP contribution is 2.23. The number of carbonyl (C=O) groups excluding carboxylic acids is 1. The smallest absolute Gasteiger partial charge is 0.236 e. The van der Waals surface area contributed by atoms with Gasteiger partial charge in [0.1, 0.15) is 18.1 Å². The molecule has 1 aliphatic rings. The van der Waals surface area contributed by atoms with Gasteiger partial charge in [0.2, 0.25) is 5.91 Å². The number of benzene rings is 2. The van der Waals surface area contributed by atoms with Crippen molar-refractivity contribution in [2.45, 2.75) is 6.54 Å². The van der Waals surface area contributed by atoms with Crippen LogP contribution < -0.4 is 9.47 Å². The fourth-order valence-corrected chi connectivity index (χ4v) is 3.65. The van der Waals surface area contributed by atoms with E-state index in [2.05, 4.69) is 9.80 Å². The number of carbonyl (C=O) groups is 1. The lowest BCUT2D eigenvalue weighted by Gasteiger charge is -2.34. The van der Waals surface area contributed by atoms with Crippen molar-refractivity contribution in [2.24, 2.45) is 0 Å². The maximum absolute atomic E-state index is 12.6. The number of para-hydroxylation sites is 1. The second kappa shape index (κ2) is 11.2. The Balaban J connectivity index is 1.36. The maximum atomic E-state index is 12.6. The molecule has 6 nitrogen and oxygen atoms in total. The molecule has 1 saturated heterocycles. The van der Waals surface area contributed by atoms with Crippen molar-refractivity contribution in [2.75, 3.05) is 60.0 Å². The summed E-state index contributed by atoms with van der Waals surface area (Å²) < 4.78 is 11.0. The molecule has 0 unspecified atom stereocenters. The van der Waals surface area contributed by atoms with Crippen LogP contribution in [0.25, 0.3) is 0 Å².